The standard InChI is InChI=1S/C18H14ClN3/c19-16-9-5-4-8-14(16)15-12-17(13-6-2-1-3-7-13)21-22-11-10-20-18(15)22/h1-9,12H,10-11H2. The monoisotopic (exact) mass is 307 g/mol. The van der Waals surface area contributed by atoms with Crippen molar-refractivity contribution in [3.05, 3.63) is 76.8 Å². The fraction of sp³-hybridized carbons (Fsp3) is 0.111. The molecule has 0 N–H and O–H groups in total. The van der Waals surface area contributed by atoms with Crippen molar-refractivity contribution in [1.82, 2.24) is 5.01 Å². The molecule has 0 aliphatic carbocycles. The van der Waals surface area contributed by atoms with Crippen LogP contribution in [0.4, 0.5) is 0 Å². The quantitative estimate of drug-likeness (QED) is 0.828. The van der Waals surface area contributed by atoms with Gasteiger partial charge in [0, 0.05) is 21.7 Å². The molecule has 2 aromatic carbocycles. The van der Waals surface area contributed by atoms with E-state index in [4.69, 9.17) is 16.7 Å². The van der Waals surface area contributed by atoms with Gasteiger partial charge in [-0.15, -0.1) is 0 Å². The molecule has 108 valence electrons. The highest BCUT2D eigenvalue weighted by atomic mass is 35.5. The number of hydrazone groups is 1. The van der Waals surface area contributed by atoms with Crippen molar-refractivity contribution in [3.63, 3.8) is 0 Å². The molecule has 3 nitrogen and oxygen atoms in total. The Hall–Kier alpha value is -2.39. The first kappa shape index (κ1) is 13.3. The Balaban J connectivity index is 1.86. The van der Waals surface area contributed by atoms with Crippen LogP contribution in [0.1, 0.15) is 11.1 Å². The largest absolute Gasteiger partial charge is 0.265 e. The summed E-state index contributed by atoms with van der Waals surface area (Å²) in [6.45, 7) is 1.58. The summed E-state index contributed by atoms with van der Waals surface area (Å²) >= 11 is 6.39. The van der Waals surface area contributed by atoms with E-state index in [2.05, 4.69) is 23.2 Å². The number of allylic oxidation sites excluding steroid dienone is 1. The van der Waals surface area contributed by atoms with Crippen LogP contribution in [-0.2, 0) is 0 Å². The van der Waals surface area contributed by atoms with Crippen LogP contribution in [0.25, 0.3) is 5.57 Å². The van der Waals surface area contributed by atoms with Gasteiger partial charge in [0.2, 0.25) is 0 Å². The fourth-order valence-corrected chi connectivity index (χ4v) is 2.99. The number of fused-ring (bicyclic) bond motifs is 1. The first-order valence-corrected chi connectivity index (χ1v) is 7.64. The number of amidine groups is 1. The van der Waals surface area contributed by atoms with Crippen molar-refractivity contribution in [2.75, 3.05) is 13.1 Å². The zero-order chi connectivity index (χ0) is 14.9. The third-order valence-electron chi connectivity index (χ3n) is 3.80. The van der Waals surface area contributed by atoms with E-state index in [9.17, 15) is 0 Å². The van der Waals surface area contributed by atoms with Crippen LogP contribution in [0.3, 0.4) is 0 Å². The first-order chi connectivity index (χ1) is 10.8. The lowest BCUT2D eigenvalue weighted by atomic mass is 9.99. The SMILES string of the molecule is Clc1ccccc1C1=CC(c2ccccc2)=NN2CCN=C12. The van der Waals surface area contributed by atoms with E-state index < -0.39 is 0 Å². The van der Waals surface area contributed by atoms with Gasteiger partial charge in [-0.25, -0.2) is 5.01 Å². The molecule has 0 fully saturated rings. The Morgan fingerprint density at radius 1 is 0.955 bits per heavy atom. The summed E-state index contributed by atoms with van der Waals surface area (Å²) in [6.07, 6.45) is 2.08. The summed E-state index contributed by atoms with van der Waals surface area (Å²) in [7, 11) is 0. The molecule has 4 heteroatoms. The maximum atomic E-state index is 6.39. The van der Waals surface area contributed by atoms with Gasteiger partial charge in [0.05, 0.1) is 18.8 Å². The topological polar surface area (TPSA) is 28.0 Å². The Morgan fingerprint density at radius 2 is 1.73 bits per heavy atom. The predicted octanol–water partition coefficient (Wildman–Crippen LogP) is 3.86. The van der Waals surface area contributed by atoms with E-state index in [0.717, 1.165) is 46.4 Å². The van der Waals surface area contributed by atoms with Crippen molar-refractivity contribution in [2.24, 2.45) is 10.1 Å². The molecule has 2 aromatic rings. The van der Waals surface area contributed by atoms with Gasteiger partial charge in [-0.2, -0.15) is 5.10 Å². The van der Waals surface area contributed by atoms with Gasteiger partial charge in [-0.05, 0) is 12.1 Å². The zero-order valence-electron chi connectivity index (χ0n) is 11.9. The zero-order valence-corrected chi connectivity index (χ0v) is 12.7. The maximum Gasteiger partial charge on any atom is 0.152 e. The number of nitrogens with zero attached hydrogens (tertiary/aromatic N) is 3. The minimum Gasteiger partial charge on any atom is -0.265 e. The molecule has 0 saturated carbocycles. The van der Waals surface area contributed by atoms with E-state index in [1.807, 2.05) is 47.5 Å². The van der Waals surface area contributed by atoms with E-state index in [1.165, 1.54) is 0 Å². The molecule has 0 amide bonds. The second-order valence-electron chi connectivity index (χ2n) is 5.22. The summed E-state index contributed by atoms with van der Waals surface area (Å²) < 4.78 is 0. The molecular formula is C18H14ClN3. The molecule has 2 aliphatic rings. The number of halogens is 1. The van der Waals surface area contributed by atoms with Crippen molar-refractivity contribution in [2.45, 2.75) is 0 Å². The molecular weight excluding hydrogens is 294 g/mol. The first-order valence-electron chi connectivity index (χ1n) is 7.26. The van der Waals surface area contributed by atoms with Crippen molar-refractivity contribution < 1.29 is 0 Å². The lowest BCUT2D eigenvalue weighted by Crippen LogP contribution is -2.28. The summed E-state index contributed by atoms with van der Waals surface area (Å²) in [5.41, 5.74) is 4.07. The number of hydrogen-bond acceptors (Lipinski definition) is 3. The summed E-state index contributed by atoms with van der Waals surface area (Å²) in [5, 5.41) is 7.43. The lowest BCUT2D eigenvalue weighted by Gasteiger charge is -2.23. The summed E-state index contributed by atoms with van der Waals surface area (Å²) in [6, 6.07) is 18.1. The molecule has 0 saturated heterocycles. The molecule has 0 atom stereocenters. The van der Waals surface area contributed by atoms with Crippen LogP contribution in [-0.4, -0.2) is 29.6 Å². The minimum absolute atomic E-state index is 0.734. The van der Waals surface area contributed by atoms with E-state index in [0.29, 0.717) is 0 Å². The van der Waals surface area contributed by atoms with Gasteiger partial charge in [0.25, 0.3) is 0 Å². The molecule has 0 bridgehead atoms. The highest BCUT2D eigenvalue weighted by Crippen LogP contribution is 2.30. The molecule has 2 aliphatic heterocycles. The average Bonchev–Trinajstić information content (AvgIpc) is 3.04. The predicted molar refractivity (Wildman–Crippen MR) is 91.4 cm³/mol. The van der Waals surface area contributed by atoms with Gasteiger partial charge < -0.3 is 0 Å². The highest BCUT2D eigenvalue weighted by Gasteiger charge is 2.27. The number of aliphatic imine (C=N–C) groups is 1. The summed E-state index contributed by atoms with van der Waals surface area (Å²) in [4.78, 5) is 4.59. The summed E-state index contributed by atoms with van der Waals surface area (Å²) in [5.74, 6) is 0.910. The van der Waals surface area contributed by atoms with Crippen LogP contribution >= 0.6 is 11.6 Å². The maximum absolute atomic E-state index is 6.39. The van der Waals surface area contributed by atoms with Gasteiger partial charge >= 0.3 is 0 Å². The van der Waals surface area contributed by atoms with Gasteiger partial charge in [0.1, 0.15) is 0 Å². The Kier molecular flexibility index (Phi) is 3.28. The van der Waals surface area contributed by atoms with Crippen LogP contribution in [0.5, 0.6) is 0 Å². The van der Waals surface area contributed by atoms with Gasteiger partial charge in [-0.1, -0.05) is 60.1 Å². The minimum atomic E-state index is 0.734. The van der Waals surface area contributed by atoms with Crippen molar-refractivity contribution in [1.29, 1.82) is 0 Å². The van der Waals surface area contributed by atoms with Gasteiger partial charge in [0.15, 0.2) is 5.84 Å². The molecule has 0 unspecified atom stereocenters. The number of benzene rings is 2. The van der Waals surface area contributed by atoms with E-state index in [1.54, 1.807) is 0 Å². The number of hydrogen-bond donors (Lipinski definition) is 0. The molecule has 0 aromatic heterocycles. The third kappa shape index (κ3) is 2.24. The van der Waals surface area contributed by atoms with Crippen LogP contribution < -0.4 is 0 Å². The molecule has 2 heterocycles. The second-order valence-corrected chi connectivity index (χ2v) is 5.62. The van der Waals surface area contributed by atoms with Crippen LogP contribution in [0.2, 0.25) is 5.02 Å². The molecule has 0 spiro atoms. The Morgan fingerprint density at radius 3 is 2.55 bits per heavy atom. The Bertz CT molecular complexity index is 806. The lowest BCUT2D eigenvalue weighted by molar-refractivity contribution is 0.491. The third-order valence-corrected chi connectivity index (χ3v) is 4.13. The number of rotatable bonds is 2. The van der Waals surface area contributed by atoms with Crippen molar-refractivity contribution >= 4 is 28.7 Å². The molecule has 0 radical (unpaired) electrons. The average molecular weight is 308 g/mol. The second kappa shape index (κ2) is 5.43. The smallest absolute Gasteiger partial charge is 0.152 e. The highest BCUT2D eigenvalue weighted by molar-refractivity contribution is 6.37. The van der Waals surface area contributed by atoms with Gasteiger partial charge in [-0.3, -0.25) is 4.99 Å². The fourth-order valence-electron chi connectivity index (χ4n) is 2.75. The van der Waals surface area contributed by atoms with E-state index >= 15 is 0 Å². The molecule has 22 heavy (non-hydrogen) atoms. The van der Waals surface area contributed by atoms with Crippen LogP contribution in [0, 0.1) is 0 Å². The van der Waals surface area contributed by atoms with Crippen LogP contribution in [0.15, 0.2) is 70.8 Å². The Labute approximate surface area is 134 Å². The van der Waals surface area contributed by atoms with Crippen molar-refractivity contribution in [3.8, 4) is 0 Å². The molecule has 4 rings (SSSR count). The van der Waals surface area contributed by atoms with E-state index in [-0.39, 0.29) is 0 Å². The normalized spacial score (nSPS) is 16.8.